The van der Waals surface area contributed by atoms with Gasteiger partial charge in [0, 0.05) is 55.3 Å². The molecule has 1 saturated heterocycles. The van der Waals surface area contributed by atoms with Crippen molar-refractivity contribution in [2.24, 2.45) is 11.3 Å². The van der Waals surface area contributed by atoms with Gasteiger partial charge in [-0.2, -0.15) is 0 Å². The zero-order valence-electron chi connectivity index (χ0n) is 24.2. The third-order valence-electron chi connectivity index (χ3n) is 8.41. The van der Waals surface area contributed by atoms with E-state index in [1.807, 2.05) is 23.1 Å². The second-order valence-electron chi connectivity index (χ2n) is 12.7. The summed E-state index contributed by atoms with van der Waals surface area (Å²) in [5.74, 6) is -0.664. The zero-order chi connectivity index (χ0) is 30.3. The first-order valence-corrected chi connectivity index (χ1v) is 15.1. The average molecular weight is 611 g/mol. The minimum Gasteiger partial charge on any atom is -0.397 e. The molecular weight excluding hydrogens is 573 g/mol. The van der Waals surface area contributed by atoms with E-state index in [9.17, 15) is 14.4 Å². The van der Waals surface area contributed by atoms with E-state index in [4.69, 9.17) is 34.3 Å². The summed E-state index contributed by atoms with van der Waals surface area (Å²) < 4.78 is 0. The fraction of sp³-hybridized carbons (Fsp3) is 0.438. The number of H-pyrrole nitrogens is 1. The standard InChI is InChI=1S/C32H37Cl2N5O3/c1-32(2,3)17-39-16-24-20(13-26(34)28(36)23(24)15-35)11-21(31(39)42)14-27(40)38-9-7-18(8-10-38)22-12-19-5-4-6-25(33)29(19)37-30(22)41/h4-6,12-13,15,18,21,35H,7-11,14,16-17,36H2,1-3H3,(H,37,41). The molecule has 42 heavy (non-hydrogen) atoms. The summed E-state index contributed by atoms with van der Waals surface area (Å²) >= 11 is 12.7. The third kappa shape index (κ3) is 6.06. The predicted octanol–water partition coefficient (Wildman–Crippen LogP) is 5.76. The SMILES string of the molecule is CC(C)(C)CN1Cc2c(cc(Cl)c(N)c2C=N)CC(CC(=O)N2CCC(c3cc4cccc(Cl)c4[nH]c3=O)CC2)C1=O. The summed E-state index contributed by atoms with van der Waals surface area (Å²) in [4.78, 5) is 46.9. The molecule has 5 rings (SSSR count). The molecule has 2 aromatic carbocycles. The van der Waals surface area contributed by atoms with Crippen LogP contribution in [0.5, 0.6) is 0 Å². The van der Waals surface area contributed by atoms with Crippen molar-refractivity contribution < 1.29 is 9.59 Å². The van der Waals surface area contributed by atoms with Gasteiger partial charge in [0.15, 0.2) is 0 Å². The van der Waals surface area contributed by atoms with Gasteiger partial charge in [0.25, 0.3) is 5.56 Å². The topological polar surface area (TPSA) is 123 Å². The Balaban J connectivity index is 1.34. The van der Waals surface area contributed by atoms with Gasteiger partial charge in [0.05, 0.1) is 27.2 Å². The Morgan fingerprint density at radius 2 is 1.86 bits per heavy atom. The summed E-state index contributed by atoms with van der Waals surface area (Å²) in [6.07, 6.45) is 2.96. The number of amides is 2. The number of nitrogens with zero attached hydrogens (tertiary/aromatic N) is 2. The quantitative estimate of drug-likeness (QED) is 0.251. The number of piperidine rings is 1. The van der Waals surface area contributed by atoms with Gasteiger partial charge in [0.1, 0.15) is 0 Å². The molecule has 0 aliphatic carbocycles. The van der Waals surface area contributed by atoms with Gasteiger partial charge in [-0.1, -0.05) is 56.1 Å². The molecule has 0 saturated carbocycles. The molecule has 222 valence electrons. The molecule has 3 heterocycles. The number of aromatic nitrogens is 1. The monoisotopic (exact) mass is 609 g/mol. The van der Waals surface area contributed by atoms with Gasteiger partial charge in [-0.3, -0.25) is 14.4 Å². The fourth-order valence-electron chi connectivity index (χ4n) is 6.36. The molecule has 0 spiro atoms. The molecule has 1 atom stereocenters. The molecular formula is C32H37Cl2N5O3. The van der Waals surface area contributed by atoms with Crippen LogP contribution in [0, 0.1) is 16.7 Å². The molecule has 8 nitrogen and oxygen atoms in total. The maximum Gasteiger partial charge on any atom is 0.251 e. The molecule has 10 heteroatoms. The first-order chi connectivity index (χ1) is 19.9. The number of nitrogens with two attached hydrogens (primary N) is 1. The molecule has 1 unspecified atom stereocenters. The van der Waals surface area contributed by atoms with E-state index in [1.54, 1.807) is 17.0 Å². The number of carbonyl (C=O) groups excluding carboxylic acids is 2. The van der Waals surface area contributed by atoms with Crippen LogP contribution in [0.25, 0.3) is 10.9 Å². The van der Waals surface area contributed by atoms with E-state index in [1.165, 1.54) is 6.21 Å². The van der Waals surface area contributed by atoms with Crippen molar-refractivity contribution in [3.8, 4) is 0 Å². The van der Waals surface area contributed by atoms with E-state index >= 15 is 0 Å². The van der Waals surface area contributed by atoms with Crippen LogP contribution in [0.4, 0.5) is 5.69 Å². The number of nitrogens with one attached hydrogen (secondary N) is 2. The van der Waals surface area contributed by atoms with Gasteiger partial charge in [0.2, 0.25) is 11.8 Å². The van der Waals surface area contributed by atoms with E-state index in [0.29, 0.717) is 77.8 Å². The minimum absolute atomic E-state index is 0.0296. The maximum atomic E-state index is 13.9. The number of hydrogen-bond acceptors (Lipinski definition) is 5. The number of hydrogen-bond donors (Lipinski definition) is 3. The normalized spacial score (nSPS) is 18.2. The number of halogens is 2. The highest BCUT2D eigenvalue weighted by Gasteiger charge is 2.36. The lowest BCUT2D eigenvalue weighted by Crippen LogP contribution is -2.43. The largest absolute Gasteiger partial charge is 0.397 e. The molecule has 2 aliphatic heterocycles. The second-order valence-corrected chi connectivity index (χ2v) is 13.6. The third-order valence-corrected chi connectivity index (χ3v) is 9.04. The van der Waals surface area contributed by atoms with Gasteiger partial charge >= 0.3 is 0 Å². The number of fused-ring (bicyclic) bond motifs is 2. The van der Waals surface area contributed by atoms with E-state index < -0.39 is 5.92 Å². The number of rotatable bonds is 5. The highest BCUT2D eigenvalue weighted by molar-refractivity contribution is 6.35. The van der Waals surface area contributed by atoms with Crippen LogP contribution < -0.4 is 11.3 Å². The van der Waals surface area contributed by atoms with Crippen molar-refractivity contribution >= 4 is 57.8 Å². The summed E-state index contributed by atoms with van der Waals surface area (Å²) in [7, 11) is 0. The van der Waals surface area contributed by atoms with Gasteiger partial charge < -0.3 is 25.9 Å². The summed E-state index contributed by atoms with van der Waals surface area (Å²) in [6.45, 7) is 8.06. The van der Waals surface area contributed by atoms with E-state index in [2.05, 4.69) is 25.8 Å². The molecule has 0 radical (unpaired) electrons. The molecule has 1 aromatic heterocycles. The fourth-order valence-corrected chi connectivity index (χ4v) is 6.82. The van der Waals surface area contributed by atoms with E-state index in [-0.39, 0.29) is 35.1 Å². The van der Waals surface area contributed by atoms with Crippen LogP contribution in [0.3, 0.4) is 0 Å². The number of nitrogen functional groups attached to an aromatic ring is 1. The number of para-hydroxylation sites is 1. The molecule has 2 amide bonds. The highest BCUT2D eigenvalue weighted by atomic mass is 35.5. The molecule has 4 N–H and O–H groups in total. The van der Waals surface area contributed by atoms with Gasteiger partial charge in [-0.25, -0.2) is 0 Å². The van der Waals surface area contributed by atoms with E-state index in [0.717, 1.165) is 16.5 Å². The van der Waals surface area contributed by atoms with Crippen molar-refractivity contribution in [1.82, 2.24) is 14.8 Å². The average Bonchev–Trinajstić information content (AvgIpc) is 3.05. The van der Waals surface area contributed by atoms with Gasteiger partial charge in [-0.05, 0) is 59.9 Å². The molecule has 1 fully saturated rings. The smallest absolute Gasteiger partial charge is 0.251 e. The van der Waals surface area contributed by atoms with Crippen molar-refractivity contribution in [3.05, 3.63) is 73.0 Å². The van der Waals surface area contributed by atoms with Crippen LogP contribution in [0.15, 0.2) is 35.1 Å². The summed E-state index contributed by atoms with van der Waals surface area (Å²) in [6, 6.07) is 9.23. The first-order valence-electron chi connectivity index (χ1n) is 14.3. The van der Waals surface area contributed by atoms with Crippen LogP contribution >= 0.6 is 23.2 Å². The minimum atomic E-state index is -0.551. The first kappa shape index (κ1) is 30.1. The second kappa shape index (κ2) is 11.7. The zero-order valence-corrected chi connectivity index (χ0v) is 25.7. The lowest BCUT2D eigenvalue weighted by molar-refractivity contribution is -0.142. The lowest BCUT2D eigenvalue weighted by atomic mass is 9.88. The van der Waals surface area contributed by atoms with Crippen molar-refractivity contribution in [3.63, 3.8) is 0 Å². The summed E-state index contributed by atoms with van der Waals surface area (Å²) in [5.41, 5.74) is 9.78. The molecule has 2 aliphatic rings. The number of anilines is 1. The van der Waals surface area contributed by atoms with Crippen molar-refractivity contribution in [1.29, 1.82) is 5.41 Å². The summed E-state index contributed by atoms with van der Waals surface area (Å²) in [5, 5.41) is 9.71. The van der Waals surface area contributed by atoms with Crippen LogP contribution in [0.1, 0.15) is 68.2 Å². The van der Waals surface area contributed by atoms with Crippen molar-refractivity contribution in [2.45, 2.75) is 58.9 Å². The Bertz CT molecular complexity index is 1620. The predicted molar refractivity (Wildman–Crippen MR) is 169 cm³/mol. The number of aromatic amines is 1. The lowest BCUT2D eigenvalue weighted by Gasteiger charge is -2.34. The molecule has 0 bridgehead atoms. The van der Waals surface area contributed by atoms with Gasteiger partial charge in [-0.15, -0.1) is 0 Å². The van der Waals surface area contributed by atoms with Crippen LogP contribution in [-0.4, -0.2) is 52.4 Å². The van der Waals surface area contributed by atoms with Crippen LogP contribution in [-0.2, 0) is 22.6 Å². The Hall–Kier alpha value is -3.36. The van der Waals surface area contributed by atoms with Crippen LogP contribution in [0.2, 0.25) is 10.0 Å². The Kier molecular flexibility index (Phi) is 8.41. The number of benzene rings is 2. The van der Waals surface area contributed by atoms with Crippen molar-refractivity contribution in [2.75, 3.05) is 25.4 Å². The highest BCUT2D eigenvalue weighted by Crippen LogP contribution is 2.36. The Labute approximate surface area is 255 Å². The maximum absolute atomic E-state index is 13.9. The number of pyridine rings is 1. The molecule has 3 aromatic rings. The Morgan fingerprint density at radius 3 is 2.52 bits per heavy atom. The number of likely N-dealkylation sites (tertiary alicyclic amines) is 1. The number of carbonyl (C=O) groups is 2. The Morgan fingerprint density at radius 1 is 1.14 bits per heavy atom.